The molecule has 0 bridgehead atoms. The molecule has 2 aromatic heterocycles. The minimum absolute atomic E-state index is 0.118. The number of hydrogen-bond acceptors (Lipinski definition) is 5. The predicted molar refractivity (Wildman–Crippen MR) is 159 cm³/mol. The number of Topliss-reactive ketones (excluding diaryl/α,β-unsaturated/α-hetero) is 1. The van der Waals surface area contributed by atoms with Gasteiger partial charge in [0.05, 0.1) is 17.8 Å². The molecule has 0 saturated carbocycles. The number of hydrogen-bond donors (Lipinski definition) is 2. The Balaban J connectivity index is 0.00000110. The molecule has 2 heterocycles. The topological polar surface area (TPSA) is 93.1 Å². The number of amides is 2. The molecule has 0 fully saturated rings. The Labute approximate surface area is 232 Å². The second-order valence-corrected chi connectivity index (χ2v) is 11.2. The summed E-state index contributed by atoms with van der Waals surface area (Å²) in [5.41, 5.74) is 3.19. The Morgan fingerprint density at radius 3 is 2.16 bits per heavy atom. The number of benzene rings is 1. The quantitative estimate of drug-likeness (QED) is 0.323. The van der Waals surface area contributed by atoms with Gasteiger partial charge in [-0.25, -0.2) is 4.98 Å². The van der Waals surface area contributed by atoms with E-state index >= 15 is 0 Å². The number of aromatic nitrogens is 2. The average molecular weight is 541 g/mol. The molecule has 0 aliphatic carbocycles. The summed E-state index contributed by atoms with van der Waals surface area (Å²) in [5.74, 6) is 0.371. The van der Waals surface area contributed by atoms with E-state index in [-0.39, 0.29) is 29.7 Å². The van der Waals surface area contributed by atoms with Gasteiger partial charge in [0.25, 0.3) is 5.91 Å². The summed E-state index contributed by atoms with van der Waals surface area (Å²) in [6, 6.07) is 9.62. The zero-order valence-electron chi connectivity index (χ0n) is 24.3. The van der Waals surface area contributed by atoms with Crippen LogP contribution in [-0.4, -0.2) is 33.7 Å². The van der Waals surface area contributed by atoms with Crippen LogP contribution < -0.4 is 10.6 Å². The normalized spacial score (nSPS) is 10.6. The molecule has 0 aliphatic heterocycles. The molecule has 0 radical (unpaired) electrons. The minimum atomic E-state index is -0.339. The molecule has 3 rings (SSSR count). The molecule has 0 spiro atoms. The molecular weight excluding hydrogens is 496 g/mol. The van der Waals surface area contributed by atoms with Crippen LogP contribution in [0, 0.1) is 5.92 Å². The van der Waals surface area contributed by atoms with Crippen molar-refractivity contribution in [2.75, 3.05) is 11.9 Å². The Morgan fingerprint density at radius 1 is 1.03 bits per heavy atom. The second-order valence-electron chi connectivity index (χ2n) is 10.4. The first kappa shape index (κ1) is 32.8. The van der Waals surface area contributed by atoms with E-state index in [4.69, 9.17) is 0 Å². The summed E-state index contributed by atoms with van der Waals surface area (Å²) in [7, 11) is 0. The van der Waals surface area contributed by atoms with Crippen molar-refractivity contribution in [1.82, 2.24) is 14.9 Å². The molecule has 2 amide bonds. The van der Waals surface area contributed by atoms with Crippen molar-refractivity contribution in [3.8, 4) is 11.3 Å². The van der Waals surface area contributed by atoms with Gasteiger partial charge in [0.2, 0.25) is 5.91 Å². The fraction of sp³-hybridized carbons (Fsp3) is 0.467. The maximum atomic E-state index is 12.3. The molecule has 2 N–H and O–H groups in total. The highest BCUT2D eigenvalue weighted by Gasteiger charge is 2.16. The van der Waals surface area contributed by atoms with Crippen LogP contribution in [0.4, 0.5) is 5.13 Å². The van der Waals surface area contributed by atoms with E-state index in [1.807, 2.05) is 75.0 Å². The van der Waals surface area contributed by atoms with Crippen LogP contribution in [0.5, 0.6) is 0 Å². The first-order valence-electron chi connectivity index (χ1n) is 13.2. The lowest BCUT2D eigenvalue weighted by Gasteiger charge is -2.20. The van der Waals surface area contributed by atoms with Crippen LogP contribution in [0.3, 0.4) is 0 Å². The summed E-state index contributed by atoms with van der Waals surface area (Å²) in [4.78, 5) is 40.1. The Bertz CT molecular complexity index is 1150. The van der Waals surface area contributed by atoms with Gasteiger partial charge in [-0.3, -0.25) is 9.59 Å². The van der Waals surface area contributed by atoms with E-state index in [2.05, 4.69) is 36.4 Å². The summed E-state index contributed by atoms with van der Waals surface area (Å²) >= 11 is 1.32. The van der Waals surface area contributed by atoms with Crippen molar-refractivity contribution in [2.45, 2.75) is 80.7 Å². The van der Waals surface area contributed by atoms with E-state index in [1.54, 1.807) is 19.2 Å². The maximum Gasteiger partial charge on any atom is 0.253 e. The molecule has 0 unspecified atom stereocenters. The van der Waals surface area contributed by atoms with Gasteiger partial charge < -0.3 is 20.0 Å². The SMILES string of the molecule is CC.CC(=O)CCc1ccc(-c2csc(NC(=O)CNC(=O)c3ccn(C(C)(C)C)c3)n2)cc1.CC(C)C. The van der Waals surface area contributed by atoms with Crippen LogP contribution in [-0.2, 0) is 21.5 Å². The molecule has 3 aromatic rings. The summed E-state index contributed by atoms with van der Waals surface area (Å²) in [6.45, 7) is 18.1. The number of nitrogens with zero attached hydrogens (tertiary/aromatic N) is 2. The molecule has 8 heteroatoms. The van der Waals surface area contributed by atoms with E-state index in [0.717, 1.165) is 29.2 Å². The number of ketones is 1. The highest BCUT2D eigenvalue weighted by Crippen LogP contribution is 2.25. The molecule has 0 saturated heterocycles. The predicted octanol–water partition coefficient (Wildman–Crippen LogP) is 6.95. The molecule has 7 nitrogen and oxygen atoms in total. The molecule has 1 aromatic carbocycles. The molecule has 0 atom stereocenters. The van der Waals surface area contributed by atoms with Crippen LogP contribution in [0.1, 0.15) is 84.7 Å². The van der Waals surface area contributed by atoms with Crippen molar-refractivity contribution < 1.29 is 14.4 Å². The lowest BCUT2D eigenvalue weighted by atomic mass is 10.1. The maximum absolute atomic E-state index is 12.3. The number of carbonyl (C=O) groups is 3. The van der Waals surface area contributed by atoms with Gasteiger partial charge in [0.15, 0.2) is 5.13 Å². The van der Waals surface area contributed by atoms with Gasteiger partial charge in [-0.05, 0) is 51.7 Å². The van der Waals surface area contributed by atoms with Gasteiger partial charge in [-0.15, -0.1) is 11.3 Å². The molecule has 38 heavy (non-hydrogen) atoms. The number of carbonyl (C=O) groups excluding carboxylic acids is 3. The van der Waals surface area contributed by atoms with Crippen molar-refractivity contribution in [2.24, 2.45) is 5.92 Å². The first-order valence-corrected chi connectivity index (χ1v) is 14.0. The molecular formula is C30H44N4O3S. The van der Waals surface area contributed by atoms with E-state index in [0.29, 0.717) is 17.1 Å². The Morgan fingerprint density at radius 2 is 1.63 bits per heavy atom. The lowest BCUT2D eigenvalue weighted by molar-refractivity contribution is -0.117. The monoisotopic (exact) mass is 540 g/mol. The molecule has 208 valence electrons. The van der Waals surface area contributed by atoms with Crippen LogP contribution in [0.2, 0.25) is 0 Å². The Hall–Kier alpha value is -3.26. The van der Waals surface area contributed by atoms with Crippen molar-refractivity contribution in [3.63, 3.8) is 0 Å². The standard InChI is InChI=1S/C24H28N4O3S.C4H10.C2H6/c1-16(29)5-6-17-7-9-18(10-8-17)20-15-32-23(26-20)27-21(30)13-25-22(31)19-11-12-28(14-19)24(2,3)4;1-4(2)3;1-2/h7-12,14-15H,5-6,13H2,1-4H3,(H,25,31)(H,26,27,30);4H,1-3H3;1-2H3. The van der Waals surface area contributed by atoms with Crippen molar-refractivity contribution in [1.29, 1.82) is 0 Å². The fourth-order valence-corrected chi connectivity index (χ4v) is 3.74. The smallest absolute Gasteiger partial charge is 0.253 e. The average Bonchev–Trinajstić information content (AvgIpc) is 3.53. The van der Waals surface area contributed by atoms with Crippen molar-refractivity contribution >= 4 is 34.1 Å². The van der Waals surface area contributed by atoms with Crippen LogP contribution in [0.15, 0.2) is 48.1 Å². The third-order valence-electron chi connectivity index (χ3n) is 4.91. The number of aryl methyl sites for hydroxylation is 1. The second kappa shape index (κ2) is 15.9. The fourth-order valence-electron chi connectivity index (χ4n) is 3.00. The zero-order chi connectivity index (χ0) is 28.9. The van der Waals surface area contributed by atoms with Crippen molar-refractivity contribution in [3.05, 3.63) is 59.2 Å². The minimum Gasteiger partial charge on any atom is -0.348 e. The third-order valence-corrected chi connectivity index (χ3v) is 5.66. The summed E-state index contributed by atoms with van der Waals surface area (Å²) in [5, 5.41) is 7.70. The summed E-state index contributed by atoms with van der Waals surface area (Å²) in [6.07, 6.45) is 4.87. The number of nitrogens with one attached hydrogen (secondary N) is 2. The number of rotatable bonds is 8. The number of thiazole rings is 1. The van der Waals surface area contributed by atoms with E-state index in [1.165, 1.54) is 11.3 Å². The van der Waals surface area contributed by atoms with E-state index < -0.39 is 0 Å². The largest absolute Gasteiger partial charge is 0.348 e. The number of anilines is 1. The van der Waals surface area contributed by atoms with E-state index in [9.17, 15) is 14.4 Å². The van der Waals surface area contributed by atoms with Gasteiger partial charge in [0.1, 0.15) is 5.78 Å². The summed E-state index contributed by atoms with van der Waals surface area (Å²) < 4.78 is 1.95. The Kier molecular flexibility index (Phi) is 13.7. The highest BCUT2D eigenvalue weighted by molar-refractivity contribution is 7.14. The first-order chi connectivity index (χ1) is 17.8. The van der Waals surface area contributed by atoms with Gasteiger partial charge in [-0.1, -0.05) is 58.9 Å². The lowest BCUT2D eigenvalue weighted by Crippen LogP contribution is -2.32. The van der Waals surface area contributed by atoms with Gasteiger partial charge in [0, 0.05) is 35.3 Å². The van der Waals surface area contributed by atoms with Gasteiger partial charge >= 0.3 is 0 Å². The highest BCUT2D eigenvalue weighted by atomic mass is 32.1. The van der Waals surface area contributed by atoms with Crippen LogP contribution in [0.25, 0.3) is 11.3 Å². The molecule has 0 aliphatic rings. The zero-order valence-corrected chi connectivity index (χ0v) is 25.2. The van der Waals surface area contributed by atoms with Gasteiger partial charge in [-0.2, -0.15) is 0 Å². The van der Waals surface area contributed by atoms with Crippen LogP contribution >= 0.6 is 11.3 Å². The third kappa shape index (κ3) is 11.9.